The molecule has 0 aliphatic rings. The third kappa shape index (κ3) is 2.93. The molecule has 0 saturated carbocycles. The zero-order chi connectivity index (χ0) is 19.0. The number of nitrogens with two attached hydrogens (primary N) is 1. The first-order chi connectivity index (χ1) is 13.0. The summed E-state index contributed by atoms with van der Waals surface area (Å²) < 4.78 is 1.68. The molecule has 0 unspecified atom stereocenters. The number of rotatable bonds is 3. The highest BCUT2D eigenvalue weighted by molar-refractivity contribution is 5.97. The van der Waals surface area contributed by atoms with Gasteiger partial charge in [-0.15, -0.1) is 0 Å². The van der Waals surface area contributed by atoms with Crippen LogP contribution >= 0.6 is 0 Å². The average Bonchev–Trinajstić information content (AvgIpc) is 2.68. The van der Waals surface area contributed by atoms with Crippen LogP contribution in [0, 0.1) is 0 Å². The minimum Gasteiger partial charge on any atom is -0.508 e. The standard InChI is InChI=1S/C21H15N3O3/c22-21(27)18-12-24(15-2-1-3-16(25)11-15)19-10-14(4-5-17(19)20(18)26)13-6-8-23-9-7-13/h1-12,25H,(H2,22,27). The Balaban J connectivity index is 2.08. The third-order valence-electron chi connectivity index (χ3n) is 4.39. The van der Waals surface area contributed by atoms with Gasteiger partial charge in [0.15, 0.2) is 0 Å². The van der Waals surface area contributed by atoms with Gasteiger partial charge in [-0.3, -0.25) is 14.6 Å². The van der Waals surface area contributed by atoms with E-state index < -0.39 is 11.3 Å². The fraction of sp³-hybridized carbons (Fsp3) is 0. The second-order valence-corrected chi connectivity index (χ2v) is 6.09. The van der Waals surface area contributed by atoms with E-state index in [1.807, 2.05) is 24.3 Å². The summed E-state index contributed by atoms with van der Waals surface area (Å²) >= 11 is 0. The van der Waals surface area contributed by atoms with Crippen LogP contribution in [0.3, 0.4) is 0 Å². The summed E-state index contributed by atoms with van der Waals surface area (Å²) in [7, 11) is 0. The maximum Gasteiger partial charge on any atom is 0.254 e. The van der Waals surface area contributed by atoms with E-state index in [0.717, 1.165) is 11.1 Å². The Kier molecular flexibility index (Phi) is 3.93. The lowest BCUT2D eigenvalue weighted by molar-refractivity contribution is 0.0999. The van der Waals surface area contributed by atoms with Crippen molar-refractivity contribution in [2.45, 2.75) is 0 Å². The lowest BCUT2D eigenvalue weighted by Gasteiger charge is -2.14. The summed E-state index contributed by atoms with van der Waals surface area (Å²) in [6, 6.07) is 15.7. The van der Waals surface area contributed by atoms with Crippen molar-refractivity contribution in [1.29, 1.82) is 0 Å². The highest BCUT2D eigenvalue weighted by Crippen LogP contribution is 2.26. The average molecular weight is 357 g/mol. The number of benzene rings is 2. The van der Waals surface area contributed by atoms with Gasteiger partial charge in [-0.2, -0.15) is 0 Å². The molecule has 2 heterocycles. The number of carbonyl (C=O) groups is 1. The van der Waals surface area contributed by atoms with E-state index in [4.69, 9.17) is 5.73 Å². The Hall–Kier alpha value is -3.93. The van der Waals surface area contributed by atoms with Gasteiger partial charge in [-0.25, -0.2) is 0 Å². The topological polar surface area (TPSA) is 98.2 Å². The van der Waals surface area contributed by atoms with Gasteiger partial charge >= 0.3 is 0 Å². The quantitative estimate of drug-likeness (QED) is 0.589. The molecule has 1 amide bonds. The van der Waals surface area contributed by atoms with E-state index in [2.05, 4.69) is 4.98 Å². The molecule has 6 heteroatoms. The van der Waals surface area contributed by atoms with E-state index in [-0.39, 0.29) is 11.3 Å². The number of hydrogen-bond acceptors (Lipinski definition) is 4. The zero-order valence-corrected chi connectivity index (χ0v) is 14.2. The molecular weight excluding hydrogens is 342 g/mol. The summed E-state index contributed by atoms with van der Waals surface area (Å²) in [5, 5.41) is 10.2. The molecule has 0 aliphatic carbocycles. The lowest BCUT2D eigenvalue weighted by atomic mass is 10.0. The smallest absolute Gasteiger partial charge is 0.254 e. The van der Waals surface area contributed by atoms with Crippen molar-refractivity contribution < 1.29 is 9.90 Å². The fourth-order valence-electron chi connectivity index (χ4n) is 3.08. The van der Waals surface area contributed by atoms with Gasteiger partial charge in [0.1, 0.15) is 11.3 Å². The Labute approximate surface area is 154 Å². The summed E-state index contributed by atoms with van der Waals surface area (Å²) in [5.41, 5.74) is 7.91. The first-order valence-corrected chi connectivity index (χ1v) is 8.23. The Morgan fingerprint density at radius 2 is 1.78 bits per heavy atom. The van der Waals surface area contributed by atoms with Crippen molar-refractivity contribution >= 4 is 16.8 Å². The molecule has 0 bridgehead atoms. The number of phenolic OH excluding ortho intramolecular Hbond substituents is 1. The Morgan fingerprint density at radius 3 is 2.48 bits per heavy atom. The number of aromatic nitrogens is 2. The lowest BCUT2D eigenvalue weighted by Crippen LogP contribution is -2.23. The number of amides is 1. The number of phenols is 1. The van der Waals surface area contributed by atoms with Crippen molar-refractivity contribution in [3.63, 3.8) is 0 Å². The van der Waals surface area contributed by atoms with Crippen LogP contribution in [0.1, 0.15) is 10.4 Å². The molecule has 2 aromatic heterocycles. The van der Waals surface area contributed by atoms with Crippen molar-refractivity contribution in [2.24, 2.45) is 5.73 Å². The number of carbonyl (C=O) groups excluding carboxylic acids is 1. The number of primary amides is 1. The van der Waals surface area contributed by atoms with Crippen LogP contribution < -0.4 is 11.2 Å². The molecule has 0 radical (unpaired) electrons. The minimum atomic E-state index is -0.797. The summed E-state index contributed by atoms with van der Waals surface area (Å²) in [5.74, 6) is -0.723. The van der Waals surface area contributed by atoms with Gasteiger partial charge in [0.2, 0.25) is 5.43 Å². The van der Waals surface area contributed by atoms with E-state index in [0.29, 0.717) is 16.6 Å². The SMILES string of the molecule is NC(=O)c1cn(-c2cccc(O)c2)c2cc(-c3ccncc3)ccc2c1=O. The Morgan fingerprint density at radius 1 is 1.00 bits per heavy atom. The fourth-order valence-corrected chi connectivity index (χ4v) is 3.08. The van der Waals surface area contributed by atoms with Gasteiger partial charge in [0.25, 0.3) is 5.91 Å². The second kappa shape index (κ2) is 6.42. The molecule has 2 aromatic carbocycles. The predicted octanol–water partition coefficient (Wildman–Crippen LogP) is 2.86. The normalized spacial score (nSPS) is 10.8. The van der Waals surface area contributed by atoms with Gasteiger partial charge < -0.3 is 15.4 Å². The van der Waals surface area contributed by atoms with E-state index in [9.17, 15) is 14.7 Å². The van der Waals surface area contributed by atoms with Crippen LogP contribution in [0.25, 0.3) is 27.7 Å². The summed E-state index contributed by atoms with van der Waals surface area (Å²) in [6.45, 7) is 0. The van der Waals surface area contributed by atoms with E-state index in [1.165, 1.54) is 6.20 Å². The molecule has 0 saturated heterocycles. The molecular formula is C21H15N3O3. The number of pyridine rings is 2. The zero-order valence-electron chi connectivity index (χ0n) is 14.2. The first-order valence-electron chi connectivity index (χ1n) is 8.23. The van der Waals surface area contributed by atoms with E-state index >= 15 is 0 Å². The summed E-state index contributed by atoms with van der Waals surface area (Å²) in [4.78, 5) is 28.5. The van der Waals surface area contributed by atoms with Crippen LogP contribution in [-0.4, -0.2) is 20.6 Å². The van der Waals surface area contributed by atoms with Gasteiger partial charge in [0, 0.05) is 35.7 Å². The molecule has 4 aromatic rings. The second-order valence-electron chi connectivity index (χ2n) is 6.09. The molecule has 0 atom stereocenters. The van der Waals surface area contributed by atoms with Gasteiger partial charge in [-0.1, -0.05) is 12.1 Å². The molecule has 6 nitrogen and oxygen atoms in total. The molecule has 4 rings (SSSR count). The van der Waals surface area contributed by atoms with Crippen LogP contribution in [0.5, 0.6) is 5.75 Å². The van der Waals surface area contributed by atoms with Crippen LogP contribution in [0.4, 0.5) is 0 Å². The maximum absolute atomic E-state index is 12.7. The van der Waals surface area contributed by atoms with Crippen molar-refractivity contribution in [2.75, 3.05) is 0 Å². The molecule has 0 spiro atoms. The van der Waals surface area contributed by atoms with Crippen molar-refractivity contribution in [1.82, 2.24) is 9.55 Å². The molecule has 3 N–H and O–H groups in total. The minimum absolute atomic E-state index is 0.0743. The Bertz CT molecular complexity index is 1230. The molecule has 132 valence electrons. The largest absolute Gasteiger partial charge is 0.508 e. The van der Waals surface area contributed by atoms with Crippen molar-refractivity contribution in [3.05, 3.63) is 89.0 Å². The number of nitrogens with zero attached hydrogens (tertiary/aromatic N) is 2. The molecule has 0 aliphatic heterocycles. The monoisotopic (exact) mass is 357 g/mol. The van der Waals surface area contributed by atoms with Gasteiger partial charge in [-0.05, 0) is 47.5 Å². The molecule has 0 fully saturated rings. The van der Waals surface area contributed by atoms with Gasteiger partial charge in [0.05, 0.1) is 5.52 Å². The number of hydrogen-bond donors (Lipinski definition) is 2. The third-order valence-corrected chi connectivity index (χ3v) is 4.39. The van der Waals surface area contributed by atoms with Crippen LogP contribution in [-0.2, 0) is 0 Å². The van der Waals surface area contributed by atoms with Crippen LogP contribution in [0.15, 0.2) is 78.0 Å². The van der Waals surface area contributed by atoms with Crippen molar-refractivity contribution in [3.8, 4) is 22.6 Å². The highest BCUT2D eigenvalue weighted by atomic mass is 16.3. The predicted molar refractivity (Wildman–Crippen MR) is 103 cm³/mol. The number of aromatic hydroxyl groups is 1. The number of fused-ring (bicyclic) bond motifs is 1. The first kappa shape index (κ1) is 16.5. The molecule has 27 heavy (non-hydrogen) atoms. The van der Waals surface area contributed by atoms with Crippen LogP contribution in [0.2, 0.25) is 0 Å². The summed E-state index contributed by atoms with van der Waals surface area (Å²) in [6.07, 6.45) is 4.80. The highest BCUT2D eigenvalue weighted by Gasteiger charge is 2.15. The van der Waals surface area contributed by atoms with E-state index in [1.54, 1.807) is 47.3 Å². The maximum atomic E-state index is 12.7.